The molecule has 2 rings (SSSR count). The van der Waals surface area contributed by atoms with Crippen LogP contribution in [0.5, 0.6) is 5.75 Å². The van der Waals surface area contributed by atoms with Gasteiger partial charge in [-0.15, -0.1) is 11.8 Å². The largest absolute Gasteiger partial charge is 0.507 e. The fraction of sp³-hybridized carbons (Fsp3) is 0.250. The van der Waals surface area contributed by atoms with E-state index in [9.17, 15) is 5.11 Å². The number of aromatic hydroxyl groups is 1. The molecular formula is C12H15N3OS. The minimum absolute atomic E-state index is 0.303. The normalized spacial score (nSPS) is 10.7. The first-order chi connectivity index (χ1) is 8.09. The highest BCUT2D eigenvalue weighted by Gasteiger charge is 2.11. The highest BCUT2D eigenvalue weighted by atomic mass is 32.2. The molecule has 4 nitrogen and oxygen atoms in total. The number of thioether (sulfide) groups is 1. The van der Waals surface area contributed by atoms with E-state index in [0.29, 0.717) is 17.3 Å². The molecule has 0 fully saturated rings. The summed E-state index contributed by atoms with van der Waals surface area (Å²) in [6, 6.07) is 7.29. The molecule has 2 aromatic rings. The zero-order chi connectivity index (χ0) is 12.4. The lowest BCUT2D eigenvalue weighted by Gasteiger charge is -2.04. The second-order valence-corrected chi connectivity index (χ2v) is 4.85. The number of para-hydroxylation sites is 1. The van der Waals surface area contributed by atoms with E-state index in [0.717, 1.165) is 16.2 Å². The summed E-state index contributed by atoms with van der Waals surface area (Å²) in [5.41, 5.74) is 7.90. The Bertz CT molecular complexity index is 537. The highest BCUT2D eigenvalue weighted by molar-refractivity contribution is 7.98. The van der Waals surface area contributed by atoms with Crippen molar-refractivity contribution < 1.29 is 5.11 Å². The number of aryl methyl sites for hydroxylation is 2. The van der Waals surface area contributed by atoms with Crippen molar-refractivity contribution in [2.24, 2.45) is 7.05 Å². The van der Waals surface area contributed by atoms with Crippen LogP contribution in [-0.4, -0.2) is 14.9 Å². The third-order valence-electron chi connectivity index (χ3n) is 2.63. The molecule has 0 spiro atoms. The molecule has 0 bridgehead atoms. The minimum Gasteiger partial charge on any atom is -0.507 e. The molecule has 0 aliphatic rings. The predicted octanol–water partition coefficient (Wildman–Crippen LogP) is 2.31. The van der Waals surface area contributed by atoms with Gasteiger partial charge in [0.25, 0.3) is 0 Å². The highest BCUT2D eigenvalue weighted by Crippen LogP contribution is 2.32. The number of rotatable bonds is 3. The Morgan fingerprint density at radius 1 is 1.41 bits per heavy atom. The average molecular weight is 249 g/mol. The molecule has 1 heterocycles. The molecular weight excluding hydrogens is 234 g/mol. The van der Waals surface area contributed by atoms with Crippen LogP contribution in [0.25, 0.3) is 0 Å². The van der Waals surface area contributed by atoms with Gasteiger partial charge in [-0.1, -0.05) is 12.1 Å². The van der Waals surface area contributed by atoms with Gasteiger partial charge < -0.3 is 10.8 Å². The summed E-state index contributed by atoms with van der Waals surface area (Å²) < 4.78 is 1.68. The molecule has 90 valence electrons. The summed E-state index contributed by atoms with van der Waals surface area (Å²) >= 11 is 1.56. The van der Waals surface area contributed by atoms with E-state index in [2.05, 4.69) is 5.10 Å². The van der Waals surface area contributed by atoms with Crippen molar-refractivity contribution in [2.45, 2.75) is 17.6 Å². The molecule has 0 unspecified atom stereocenters. The maximum atomic E-state index is 9.66. The number of benzene rings is 1. The maximum Gasteiger partial charge on any atom is 0.129 e. The number of anilines is 1. The summed E-state index contributed by atoms with van der Waals surface area (Å²) in [6.07, 6.45) is 0. The Hall–Kier alpha value is -1.62. The van der Waals surface area contributed by atoms with E-state index in [1.54, 1.807) is 22.5 Å². The smallest absolute Gasteiger partial charge is 0.129 e. The Kier molecular flexibility index (Phi) is 3.28. The van der Waals surface area contributed by atoms with Crippen molar-refractivity contribution in [3.63, 3.8) is 0 Å². The van der Waals surface area contributed by atoms with Crippen LogP contribution in [0, 0.1) is 6.92 Å². The van der Waals surface area contributed by atoms with Crippen LogP contribution in [0.3, 0.4) is 0 Å². The van der Waals surface area contributed by atoms with Crippen molar-refractivity contribution in [1.29, 1.82) is 0 Å². The van der Waals surface area contributed by atoms with Gasteiger partial charge in [0.2, 0.25) is 0 Å². The summed E-state index contributed by atoms with van der Waals surface area (Å²) in [7, 11) is 1.83. The Morgan fingerprint density at radius 2 is 2.12 bits per heavy atom. The number of nitrogens with two attached hydrogens (primary N) is 1. The standard InChI is InChI=1S/C12H15N3OS/c1-8-9(12(13)15(2)14-8)7-17-11-6-4-3-5-10(11)16/h3-6,16H,7,13H2,1-2H3. The molecule has 0 saturated heterocycles. The first kappa shape index (κ1) is 11.9. The van der Waals surface area contributed by atoms with Gasteiger partial charge in [-0.2, -0.15) is 5.10 Å². The number of phenolic OH excluding ortho intramolecular Hbond substituents is 1. The molecule has 0 aliphatic heterocycles. The fourth-order valence-electron chi connectivity index (χ4n) is 1.63. The van der Waals surface area contributed by atoms with E-state index in [1.807, 2.05) is 32.2 Å². The van der Waals surface area contributed by atoms with E-state index in [-0.39, 0.29) is 0 Å². The van der Waals surface area contributed by atoms with Crippen LogP contribution in [0.15, 0.2) is 29.2 Å². The Labute approximate surface area is 104 Å². The van der Waals surface area contributed by atoms with Crippen molar-refractivity contribution in [3.8, 4) is 5.75 Å². The molecule has 0 atom stereocenters. The molecule has 0 radical (unpaired) electrons. The van der Waals surface area contributed by atoms with E-state index >= 15 is 0 Å². The van der Waals surface area contributed by atoms with E-state index in [4.69, 9.17) is 5.73 Å². The Morgan fingerprint density at radius 3 is 2.71 bits per heavy atom. The van der Waals surface area contributed by atoms with E-state index in [1.165, 1.54) is 0 Å². The molecule has 1 aromatic heterocycles. The van der Waals surface area contributed by atoms with Crippen LogP contribution in [0.1, 0.15) is 11.3 Å². The average Bonchev–Trinajstić information content (AvgIpc) is 2.53. The third kappa shape index (κ3) is 2.39. The number of aromatic nitrogens is 2. The predicted molar refractivity (Wildman–Crippen MR) is 70.0 cm³/mol. The molecule has 17 heavy (non-hydrogen) atoms. The quantitative estimate of drug-likeness (QED) is 0.819. The number of phenols is 1. The molecule has 0 aliphatic carbocycles. The number of nitrogen functional groups attached to an aromatic ring is 1. The SMILES string of the molecule is Cc1nn(C)c(N)c1CSc1ccccc1O. The summed E-state index contributed by atoms with van der Waals surface area (Å²) in [5.74, 6) is 1.70. The van der Waals surface area contributed by atoms with Gasteiger partial charge in [0, 0.05) is 23.3 Å². The Balaban J connectivity index is 2.15. The molecule has 5 heteroatoms. The first-order valence-corrected chi connectivity index (χ1v) is 6.27. The second-order valence-electron chi connectivity index (χ2n) is 3.83. The fourth-order valence-corrected chi connectivity index (χ4v) is 2.67. The number of nitrogens with zero attached hydrogens (tertiary/aromatic N) is 2. The molecule has 3 N–H and O–H groups in total. The summed E-state index contributed by atoms with van der Waals surface area (Å²) in [6.45, 7) is 1.94. The third-order valence-corrected chi connectivity index (χ3v) is 3.72. The monoisotopic (exact) mass is 249 g/mol. The zero-order valence-electron chi connectivity index (χ0n) is 9.84. The second kappa shape index (κ2) is 4.71. The van der Waals surface area contributed by atoms with Crippen molar-refractivity contribution >= 4 is 17.6 Å². The van der Waals surface area contributed by atoms with Crippen LogP contribution in [0.2, 0.25) is 0 Å². The van der Waals surface area contributed by atoms with Gasteiger partial charge in [0.1, 0.15) is 11.6 Å². The van der Waals surface area contributed by atoms with Gasteiger partial charge in [-0.05, 0) is 19.1 Å². The lowest BCUT2D eigenvalue weighted by atomic mass is 10.3. The van der Waals surface area contributed by atoms with Crippen molar-refractivity contribution in [1.82, 2.24) is 9.78 Å². The lowest BCUT2D eigenvalue weighted by molar-refractivity contribution is 0.462. The van der Waals surface area contributed by atoms with Gasteiger partial charge in [-0.25, -0.2) is 0 Å². The van der Waals surface area contributed by atoms with Crippen LogP contribution < -0.4 is 5.73 Å². The van der Waals surface area contributed by atoms with Crippen LogP contribution >= 0.6 is 11.8 Å². The van der Waals surface area contributed by atoms with Crippen molar-refractivity contribution in [3.05, 3.63) is 35.5 Å². The first-order valence-electron chi connectivity index (χ1n) is 5.28. The van der Waals surface area contributed by atoms with Gasteiger partial charge in [-0.3, -0.25) is 4.68 Å². The number of hydrogen-bond acceptors (Lipinski definition) is 4. The summed E-state index contributed by atoms with van der Waals surface area (Å²) in [4.78, 5) is 0.857. The minimum atomic E-state index is 0.303. The topological polar surface area (TPSA) is 64.1 Å². The van der Waals surface area contributed by atoms with E-state index < -0.39 is 0 Å². The lowest BCUT2D eigenvalue weighted by Crippen LogP contribution is -1.98. The summed E-state index contributed by atoms with van der Waals surface area (Å²) in [5, 5.41) is 13.9. The van der Waals surface area contributed by atoms with Gasteiger partial charge in [0.15, 0.2) is 0 Å². The van der Waals surface area contributed by atoms with Gasteiger partial charge >= 0.3 is 0 Å². The zero-order valence-corrected chi connectivity index (χ0v) is 10.7. The van der Waals surface area contributed by atoms with Crippen LogP contribution in [0.4, 0.5) is 5.82 Å². The molecule has 1 aromatic carbocycles. The van der Waals surface area contributed by atoms with Crippen LogP contribution in [-0.2, 0) is 12.8 Å². The van der Waals surface area contributed by atoms with Gasteiger partial charge in [0.05, 0.1) is 5.69 Å². The molecule has 0 amide bonds. The number of hydrogen-bond donors (Lipinski definition) is 2. The maximum absolute atomic E-state index is 9.66. The molecule has 0 saturated carbocycles. The van der Waals surface area contributed by atoms with Crippen molar-refractivity contribution in [2.75, 3.05) is 5.73 Å².